The number of benzene rings is 2. The molecule has 0 amide bonds. The highest BCUT2D eigenvalue weighted by Gasteiger charge is 2.21. The summed E-state index contributed by atoms with van der Waals surface area (Å²) in [5, 5.41) is 14.3. The zero-order valence-electron chi connectivity index (χ0n) is 12.6. The second kappa shape index (κ2) is 6.29. The van der Waals surface area contributed by atoms with Gasteiger partial charge in [0.25, 0.3) is 0 Å². The number of aromatic nitrogens is 3. The molecule has 3 rings (SSSR count). The lowest BCUT2D eigenvalue weighted by Gasteiger charge is -2.03. The fraction of sp³-hybridized carbons (Fsp3) is 0.0625. The summed E-state index contributed by atoms with van der Waals surface area (Å²) in [5.41, 5.74) is 1.10. The Morgan fingerprint density at radius 1 is 1.08 bits per heavy atom. The standard InChI is InChI=1S/C16H12N4O4/c1-19-16(17-15(18-19)20(22)23)24-13-9-7-12(8-10-13)14(21)11-5-3-2-4-6-11/h2-10H,1H3. The summed E-state index contributed by atoms with van der Waals surface area (Å²) in [6.45, 7) is 0. The van der Waals surface area contributed by atoms with Crippen molar-refractivity contribution in [3.05, 3.63) is 75.8 Å². The first-order chi connectivity index (χ1) is 11.5. The number of hydrogen-bond donors (Lipinski definition) is 0. The van der Waals surface area contributed by atoms with Crippen LogP contribution in [0.4, 0.5) is 5.95 Å². The molecule has 8 nitrogen and oxygen atoms in total. The predicted octanol–water partition coefficient (Wildman–Crippen LogP) is 2.75. The van der Waals surface area contributed by atoms with E-state index in [1.54, 1.807) is 48.5 Å². The molecule has 0 saturated carbocycles. The molecule has 0 radical (unpaired) electrons. The first-order valence-electron chi connectivity index (χ1n) is 6.97. The minimum absolute atomic E-state index is 0.0103. The number of ether oxygens (including phenoxy) is 1. The molecule has 1 aromatic heterocycles. The number of nitrogens with zero attached hydrogens (tertiary/aromatic N) is 4. The minimum atomic E-state index is -0.700. The molecule has 24 heavy (non-hydrogen) atoms. The molecule has 8 heteroatoms. The molecule has 0 aliphatic rings. The zero-order chi connectivity index (χ0) is 17.1. The highest BCUT2D eigenvalue weighted by Crippen LogP contribution is 2.22. The summed E-state index contributed by atoms with van der Waals surface area (Å²) in [7, 11) is 1.49. The fourth-order valence-corrected chi connectivity index (χ4v) is 2.06. The summed E-state index contributed by atoms with van der Waals surface area (Å²) >= 11 is 0. The van der Waals surface area contributed by atoms with Gasteiger partial charge in [0.15, 0.2) is 5.78 Å². The van der Waals surface area contributed by atoms with E-state index >= 15 is 0 Å². The number of rotatable bonds is 5. The van der Waals surface area contributed by atoms with Crippen LogP contribution in [0.1, 0.15) is 15.9 Å². The Hall–Kier alpha value is -3.55. The Morgan fingerprint density at radius 3 is 2.29 bits per heavy atom. The average molecular weight is 324 g/mol. The largest absolute Gasteiger partial charge is 0.494 e. The summed E-state index contributed by atoms with van der Waals surface area (Å²) < 4.78 is 6.62. The number of hydrogen-bond acceptors (Lipinski definition) is 6. The predicted molar refractivity (Wildman–Crippen MR) is 84.0 cm³/mol. The number of aryl methyl sites for hydroxylation is 1. The lowest BCUT2D eigenvalue weighted by Crippen LogP contribution is -2.01. The molecule has 1 heterocycles. The molecular formula is C16H12N4O4. The van der Waals surface area contributed by atoms with Crippen molar-refractivity contribution in [1.82, 2.24) is 14.8 Å². The Balaban J connectivity index is 1.78. The van der Waals surface area contributed by atoms with Crippen molar-refractivity contribution in [1.29, 1.82) is 0 Å². The van der Waals surface area contributed by atoms with Crippen LogP contribution in [0.3, 0.4) is 0 Å². The van der Waals surface area contributed by atoms with Crippen molar-refractivity contribution in [3.63, 3.8) is 0 Å². The van der Waals surface area contributed by atoms with Crippen LogP contribution in [0, 0.1) is 10.1 Å². The van der Waals surface area contributed by atoms with Crippen LogP contribution < -0.4 is 4.74 Å². The molecule has 0 fully saturated rings. The van der Waals surface area contributed by atoms with Gasteiger partial charge in [-0.1, -0.05) is 30.3 Å². The van der Waals surface area contributed by atoms with Gasteiger partial charge in [0.2, 0.25) is 0 Å². The van der Waals surface area contributed by atoms with Crippen LogP contribution in [-0.2, 0) is 7.05 Å². The number of carbonyl (C=O) groups excluding carboxylic acids is 1. The SMILES string of the molecule is Cn1nc([N+](=O)[O-])nc1Oc1ccc(C(=O)c2ccccc2)cc1. The molecule has 0 aliphatic carbocycles. The van der Waals surface area contributed by atoms with E-state index in [9.17, 15) is 14.9 Å². The summed E-state index contributed by atoms with van der Waals surface area (Å²) in [6, 6.07) is 15.3. The molecule has 0 spiro atoms. The lowest BCUT2D eigenvalue weighted by molar-refractivity contribution is -0.394. The molecule has 0 saturated heterocycles. The molecule has 0 bridgehead atoms. The van der Waals surface area contributed by atoms with Crippen LogP contribution in [0.15, 0.2) is 54.6 Å². The van der Waals surface area contributed by atoms with Gasteiger partial charge in [-0.2, -0.15) is 0 Å². The summed E-state index contributed by atoms with van der Waals surface area (Å²) in [4.78, 5) is 25.9. The second-order valence-electron chi connectivity index (χ2n) is 4.90. The molecule has 120 valence electrons. The van der Waals surface area contributed by atoms with E-state index in [4.69, 9.17) is 4.74 Å². The number of ketones is 1. The van der Waals surface area contributed by atoms with Crippen molar-refractivity contribution >= 4 is 11.7 Å². The Labute approximate surface area is 136 Å². The first kappa shape index (κ1) is 15.3. The van der Waals surface area contributed by atoms with Crippen LogP contribution in [0.2, 0.25) is 0 Å². The number of nitro groups is 1. The quantitative estimate of drug-likeness (QED) is 0.406. The molecule has 2 aromatic carbocycles. The van der Waals surface area contributed by atoms with Gasteiger partial charge in [0, 0.05) is 16.2 Å². The highest BCUT2D eigenvalue weighted by atomic mass is 16.6. The van der Waals surface area contributed by atoms with E-state index < -0.39 is 10.9 Å². The van der Waals surface area contributed by atoms with Gasteiger partial charge in [-0.3, -0.25) is 4.79 Å². The van der Waals surface area contributed by atoms with Crippen molar-refractivity contribution < 1.29 is 14.5 Å². The van der Waals surface area contributed by atoms with Gasteiger partial charge < -0.3 is 14.9 Å². The number of carbonyl (C=O) groups is 1. The zero-order valence-corrected chi connectivity index (χ0v) is 12.6. The maximum Gasteiger partial charge on any atom is 0.494 e. The van der Waals surface area contributed by atoms with Crippen molar-refractivity contribution in [2.75, 3.05) is 0 Å². The summed E-state index contributed by atoms with van der Waals surface area (Å²) in [5.74, 6) is -0.246. The third-order valence-corrected chi connectivity index (χ3v) is 3.24. The van der Waals surface area contributed by atoms with Crippen molar-refractivity contribution in [3.8, 4) is 11.8 Å². The second-order valence-corrected chi connectivity index (χ2v) is 4.90. The molecular weight excluding hydrogens is 312 g/mol. The van der Waals surface area contributed by atoms with Crippen LogP contribution in [0.25, 0.3) is 0 Å². The monoisotopic (exact) mass is 324 g/mol. The Morgan fingerprint density at radius 2 is 1.71 bits per heavy atom. The Kier molecular flexibility index (Phi) is 4.02. The Bertz CT molecular complexity index is 888. The van der Waals surface area contributed by atoms with Crippen LogP contribution in [-0.4, -0.2) is 25.5 Å². The highest BCUT2D eigenvalue weighted by molar-refractivity contribution is 6.08. The smallest absolute Gasteiger partial charge is 0.411 e. The topological polar surface area (TPSA) is 100 Å². The van der Waals surface area contributed by atoms with Gasteiger partial charge in [-0.25, -0.2) is 0 Å². The van der Waals surface area contributed by atoms with E-state index in [-0.39, 0.29) is 11.8 Å². The van der Waals surface area contributed by atoms with E-state index in [0.29, 0.717) is 16.9 Å². The van der Waals surface area contributed by atoms with Crippen molar-refractivity contribution in [2.24, 2.45) is 7.05 Å². The lowest BCUT2D eigenvalue weighted by atomic mass is 10.0. The van der Waals surface area contributed by atoms with Gasteiger partial charge in [-0.15, -0.1) is 4.68 Å². The van der Waals surface area contributed by atoms with Gasteiger partial charge in [0.1, 0.15) is 5.75 Å². The normalized spacial score (nSPS) is 10.4. The molecule has 0 unspecified atom stereocenters. The van der Waals surface area contributed by atoms with E-state index in [2.05, 4.69) is 10.1 Å². The van der Waals surface area contributed by atoms with E-state index in [1.165, 1.54) is 11.7 Å². The fourth-order valence-electron chi connectivity index (χ4n) is 2.06. The maximum atomic E-state index is 12.3. The van der Waals surface area contributed by atoms with Crippen LogP contribution in [0.5, 0.6) is 11.8 Å². The third kappa shape index (κ3) is 3.12. The van der Waals surface area contributed by atoms with E-state index in [1.807, 2.05) is 6.07 Å². The third-order valence-electron chi connectivity index (χ3n) is 3.24. The summed E-state index contributed by atoms with van der Waals surface area (Å²) in [6.07, 6.45) is 0. The van der Waals surface area contributed by atoms with Gasteiger partial charge >= 0.3 is 12.0 Å². The van der Waals surface area contributed by atoms with Gasteiger partial charge in [-0.05, 0) is 34.2 Å². The minimum Gasteiger partial charge on any atom is -0.411 e. The molecule has 0 atom stereocenters. The van der Waals surface area contributed by atoms with E-state index in [0.717, 1.165) is 0 Å². The molecule has 3 aromatic rings. The molecule has 0 aliphatic heterocycles. The van der Waals surface area contributed by atoms with Gasteiger partial charge in [0.05, 0.1) is 7.05 Å². The van der Waals surface area contributed by atoms with Crippen molar-refractivity contribution in [2.45, 2.75) is 0 Å². The molecule has 0 N–H and O–H groups in total. The maximum absolute atomic E-state index is 12.3. The first-order valence-corrected chi connectivity index (χ1v) is 6.97. The average Bonchev–Trinajstić information content (AvgIpc) is 2.97. The van der Waals surface area contributed by atoms with Crippen LogP contribution >= 0.6 is 0 Å².